The van der Waals surface area contributed by atoms with Gasteiger partial charge in [0.25, 0.3) is 0 Å². The van der Waals surface area contributed by atoms with E-state index in [0.29, 0.717) is 5.02 Å². The summed E-state index contributed by atoms with van der Waals surface area (Å²) in [5.74, 6) is 0.769. The highest BCUT2D eigenvalue weighted by Gasteiger charge is 2.04. The van der Waals surface area contributed by atoms with Gasteiger partial charge in [0.05, 0.1) is 11.6 Å². The molecule has 0 aliphatic carbocycles. The number of alkyl halides is 1. The van der Waals surface area contributed by atoms with Gasteiger partial charge >= 0.3 is 0 Å². The molecule has 0 N–H and O–H groups in total. The van der Waals surface area contributed by atoms with Crippen molar-refractivity contribution in [3.63, 3.8) is 0 Å². The van der Waals surface area contributed by atoms with Crippen LogP contribution in [0.15, 0.2) is 48.5 Å². The monoisotopic (exact) mass is 352 g/mol. The summed E-state index contributed by atoms with van der Waals surface area (Å²) in [5.41, 5.74) is 2.28. The average Bonchev–Trinajstić information content (AvgIpc) is 2.49. The fraction of sp³-hybridized carbons (Fsp3) is 0.294. The van der Waals surface area contributed by atoms with Gasteiger partial charge in [-0.1, -0.05) is 63.9 Å². The van der Waals surface area contributed by atoms with Gasteiger partial charge in [0, 0.05) is 5.33 Å². The Morgan fingerprint density at radius 1 is 0.900 bits per heavy atom. The van der Waals surface area contributed by atoms with Crippen molar-refractivity contribution >= 4 is 27.5 Å². The molecule has 3 heteroatoms. The summed E-state index contributed by atoms with van der Waals surface area (Å²) in [6, 6.07) is 16.2. The molecule has 0 heterocycles. The Hall–Kier alpha value is -0.990. The Kier molecular flexibility index (Phi) is 6.41. The summed E-state index contributed by atoms with van der Waals surface area (Å²) in [7, 11) is 0. The molecular weight excluding hydrogens is 336 g/mol. The van der Waals surface area contributed by atoms with Crippen molar-refractivity contribution in [3.8, 4) is 16.9 Å². The maximum Gasteiger partial charge on any atom is 0.137 e. The summed E-state index contributed by atoms with van der Waals surface area (Å²) in [6.45, 7) is 0.720. The second-order valence-corrected chi connectivity index (χ2v) is 5.81. The zero-order chi connectivity index (χ0) is 14.2. The lowest BCUT2D eigenvalue weighted by Crippen LogP contribution is -1.98. The third-order valence-corrected chi connectivity index (χ3v) is 3.93. The number of unbranched alkanes of at least 4 members (excludes halogenated alkanes) is 2. The van der Waals surface area contributed by atoms with E-state index in [0.717, 1.165) is 29.7 Å². The fourth-order valence-electron chi connectivity index (χ4n) is 1.98. The predicted octanol–water partition coefficient (Wildman–Crippen LogP) is 5.95. The van der Waals surface area contributed by atoms with Crippen LogP contribution in [0.5, 0.6) is 5.75 Å². The molecule has 0 aromatic heterocycles. The molecular formula is C17H18BrClO. The van der Waals surface area contributed by atoms with Crippen LogP contribution < -0.4 is 4.74 Å². The Labute approximate surface area is 134 Å². The normalized spacial score (nSPS) is 10.5. The SMILES string of the molecule is Clc1cc(-c2ccccc2)ccc1OCCCCCBr. The zero-order valence-electron chi connectivity index (χ0n) is 11.3. The van der Waals surface area contributed by atoms with Crippen molar-refractivity contribution in [1.82, 2.24) is 0 Å². The number of rotatable bonds is 7. The summed E-state index contributed by atoms with van der Waals surface area (Å²) in [5, 5.41) is 1.73. The summed E-state index contributed by atoms with van der Waals surface area (Å²) < 4.78 is 5.73. The fourth-order valence-corrected chi connectivity index (χ4v) is 2.62. The van der Waals surface area contributed by atoms with E-state index in [1.807, 2.05) is 30.3 Å². The van der Waals surface area contributed by atoms with E-state index in [4.69, 9.17) is 16.3 Å². The van der Waals surface area contributed by atoms with Gasteiger partial charge in [-0.05, 0) is 42.5 Å². The molecule has 0 unspecified atom stereocenters. The van der Waals surface area contributed by atoms with Crippen LogP contribution in [0.4, 0.5) is 0 Å². The third-order valence-electron chi connectivity index (χ3n) is 3.07. The molecule has 20 heavy (non-hydrogen) atoms. The van der Waals surface area contributed by atoms with Crippen molar-refractivity contribution in [3.05, 3.63) is 53.6 Å². The van der Waals surface area contributed by atoms with E-state index < -0.39 is 0 Å². The minimum absolute atomic E-state index is 0.673. The lowest BCUT2D eigenvalue weighted by Gasteiger charge is -2.09. The minimum Gasteiger partial charge on any atom is -0.492 e. The second kappa shape index (κ2) is 8.33. The largest absolute Gasteiger partial charge is 0.492 e. The molecule has 0 bridgehead atoms. The van der Waals surface area contributed by atoms with Gasteiger partial charge < -0.3 is 4.74 Å². The number of hydrogen-bond donors (Lipinski definition) is 0. The molecule has 0 saturated heterocycles. The number of halogens is 2. The Bertz CT molecular complexity index is 528. The summed E-state index contributed by atoms with van der Waals surface area (Å²) in [4.78, 5) is 0. The molecule has 0 radical (unpaired) electrons. The van der Waals surface area contributed by atoms with E-state index in [9.17, 15) is 0 Å². The van der Waals surface area contributed by atoms with Gasteiger partial charge in [0.1, 0.15) is 5.75 Å². The first kappa shape index (κ1) is 15.4. The molecule has 0 atom stereocenters. The van der Waals surface area contributed by atoms with Crippen LogP contribution in [0.3, 0.4) is 0 Å². The van der Waals surface area contributed by atoms with Crippen molar-refractivity contribution < 1.29 is 4.74 Å². The molecule has 106 valence electrons. The molecule has 2 rings (SSSR count). The zero-order valence-corrected chi connectivity index (χ0v) is 13.7. The van der Waals surface area contributed by atoms with Crippen molar-refractivity contribution in [2.45, 2.75) is 19.3 Å². The van der Waals surface area contributed by atoms with Crippen molar-refractivity contribution in [2.75, 3.05) is 11.9 Å². The first-order chi connectivity index (χ1) is 9.81. The van der Waals surface area contributed by atoms with Crippen LogP contribution in [-0.2, 0) is 0 Å². The van der Waals surface area contributed by atoms with Crippen LogP contribution in [-0.4, -0.2) is 11.9 Å². The Morgan fingerprint density at radius 2 is 1.70 bits per heavy atom. The second-order valence-electron chi connectivity index (χ2n) is 4.61. The highest BCUT2D eigenvalue weighted by Crippen LogP contribution is 2.30. The van der Waals surface area contributed by atoms with Gasteiger partial charge in [0.2, 0.25) is 0 Å². The van der Waals surface area contributed by atoms with E-state index in [-0.39, 0.29) is 0 Å². The van der Waals surface area contributed by atoms with Crippen LogP contribution >= 0.6 is 27.5 Å². The topological polar surface area (TPSA) is 9.23 Å². The van der Waals surface area contributed by atoms with Crippen molar-refractivity contribution in [2.24, 2.45) is 0 Å². The third kappa shape index (κ3) is 4.53. The van der Waals surface area contributed by atoms with E-state index in [1.54, 1.807) is 0 Å². The maximum absolute atomic E-state index is 6.29. The van der Waals surface area contributed by atoms with Crippen LogP contribution in [0.25, 0.3) is 11.1 Å². The number of benzene rings is 2. The first-order valence-corrected chi connectivity index (χ1v) is 8.35. The molecule has 0 spiro atoms. The van der Waals surface area contributed by atoms with Gasteiger partial charge in [-0.15, -0.1) is 0 Å². The van der Waals surface area contributed by atoms with Crippen molar-refractivity contribution in [1.29, 1.82) is 0 Å². The molecule has 2 aromatic rings. The molecule has 0 amide bonds. The Morgan fingerprint density at radius 3 is 2.40 bits per heavy atom. The lowest BCUT2D eigenvalue weighted by molar-refractivity contribution is 0.307. The number of ether oxygens (including phenoxy) is 1. The van der Waals surface area contributed by atoms with Gasteiger partial charge in [-0.3, -0.25) is 0 Å². The lowest BCUT2D eigenvalue weighted by atomic mass is 10.1. The van der Waals surface area contributed by atoms with Gasteiger partial charge in [0.15, 0.2) is 0 Å². The molecule has 2 aromatic carbocycles. The van der Waals surface area contributed by atoms with E-state index in [2.05, 4.69) is 34.1 Å². The standard InChI is InChI=1S/C17H18BrClO/c18-11-5-2-6-12-20-17-10-9-15(13-16(17)19)14-7-3-1-4-8-14/h1,3-4,7-10,13H,2,5-6,11-12H2. The average molecular weight is 354 g/mol. The smallest absolute Gasteiger partial charge is 0.137 e. The molecule has 0 aliphatic rings. The molecule has 0 saturated carbocycles. The number of hydrogen-bond acceptors (Lipinski definition) is 1. The Balaban J connectivity index is 1.96. The molecule has 0 aliphatic heterocycles. The maximum atomic E-state index is 6.29. The van der Waals surface area contributed by atoms with Gasteiger partial charge in [-0.25, -0.2) is 0 Å². The van der Waals surface area contributed by atoms with E-state index in [1.165, 1.54) is 18.4 Å². The first-order valence-electron chi connectivity index (χ1n) is 6.85. The highest BCUT2D eigenvalue weighted by atomic mass is 79.9. The molecule has 0 fully saturated rings. The summed E-state index contributed by atoms with van der Waals surface area (Å²) in [6.07, 6.45) is 3.41. The van der Waals surface area contributed by atoms with Crippen LogP contribution in [0.2, 0.25) is 5.02 Å². The van der Waals surface area contributed by atoms with Gasteiger partial charge in [-0.2, -0.15) is 0 Å². The molecule has 1 nitrogen and oxygen atoms in total. The van der Waals surface area contributed by atoms with E-state index >= 15 is 0 Å². The van der Waals surface area contributed by atoms with Crippen LogP contribution in [0, 0.1) is 0 Å². The summed E-state index contributed by atoms with van der Waals surface area (Å²) >= 11 is 9.71. The highest BCUT2D eigenvalue weighted by molar-refractivity contribution is 9.09. The quantitative estimate of drug-likeness (QED) is 0.441. The predicted molar refractivity (Wildman–Crippen MR) is 90.0 cm³/mol. The minimum atomic E-state index is 0.673. The van der Waals surface area contributed by atoms with Crippen LogP contribution in [0.1, 0.15) is 19.3 Å².